The Morgan fingerprint density at radius 1 is 1.00 bits per heavy atom. The molecule has 37 heavy (non-hydrogen) atoms. The van der Waals surface area contributed by atoms with Gasteiger partial charge in [-0.25, -0.2) is 0 Å². The highest BCUT2D eigenvalue weighted by Gasteiger charge is 2.13. The molecule has 0 fully saturated rings. The van der Waals surface area contributed by atoms with E-state index < -0.39 is 6.10 Å². The number of aliphatic hydroxyl groups is 2. The lowest BCUT2D eigenvalue weighted by atomic mass is 10.1. The number of aromatic nitrogens is 1. The van der Waals surface area contributed by atoms with Gasteiger partial charge in [-0.05, 0) is 60.5 Å². The second-order valence-corrected chi connectivity index (χ2v) is 8.64. The molecular formula is C29H31N3O5. The predicted octanol–water partition coefficient (Wildman–Crippen LogP) is 3.32. The van der Waals surface area contributed by atoms with Gasteiger partial charge < -0.3 is 30.3 Å². The van der Waals surface area contributed by atoms with Gasteiger partial charge in [-0.15, -0.1) is 0 Å². The van der Waals surface area contributed by atoms with Crippen LogP contribution < -0.4 is 20.1 Å². The molecule has 0 aliphatic rings. The second kappa shape index (κ2) is 12.8. The van der Waals surface area contributed by atoms with Crippen LogP contribution in [-0.2, 0) is 6.42 Å². The largest absolute Gasteiger partial charge is 0.491 e. The van der Waals surface area contributed by atoms with Crippen LogP contribution in [0.4, 0.5) is 0 Å². The number of ether oxygens (including phenoxy) is 2. The molecule has 4 aromatic rings. The maximum absolute atomic E-state index is 11.9. The van der Waals surface area contributed by atoms with Crippen LogP contribution in [0.3, 0.4) is 0 Å². The predicted molar refractivity (Wildman–Crippen MR) is 142 cm³/mol. The molecule has 0 aliphatic carbocycles. The number of nitrogens with zero attached hydrogens (tertiary/aromatic N) is 1. The minimum absolute atomic E-state index is 0.0639. The summed E-state index contributed by atoms with van der Waals surface area (Å²) < 4.78 is 11.7. The van der Waals surface area contributed by atoms with Gasteiger partial charge in [0.25, 0.3) is 5.91 Å². The fourth-order valence-electron chi connectivity index (χ4n) is 3.87. The van der Waals surface area contributed by atoms with E-state index in [2.05, 4.69) is 15.6 Å². The number of fused-ring (bicyclic) bond motifs is 1. The number of pyridine rings is 1. The molecule has 0 radical (unpaired) electrons. The number of para-hydroxylation sites is 1. The van der Waals surface area contributed by atoms with Crippen LogP contribution in [0.25, 0.3) is 10.9 Å². The normalized spacial score (nSPS) is 12.6. The van der Waals surface area contributed by atoms with Crippen molar-refractivity contribution in [3.8, 4) is 17.2 Å². The fourth-order valence-corrected chi connectivity index (χ4v) is 3.87. The summed E-state index contributed by atoms with van der Waals surface area (Å²) in [6, 6.07) is 23.8. The molecule has 0 spiro atoms. The highest BCUT2D eigenvalue weighted by Crippen LogP contribution is 2.29. The van der Waals surface area contributed by atoms with Crippen molar-refractivity contribution >= 4 is 16.8 Å². The van der Waals surface area contributed by atoms with Crippen molar-refractivity contribution in [3.05, 3.63) is 96.2 Å². The Kier molecular flexibility index (Phi) is 9.04. The molecule has 1 aromatic heterocycles. The van der Waals surface area contributed by atoms with Gasteiger partial charge in [0, 0.05) is 36.8 Å². The molecule has 192 valence electrons. The molecule has 3 aromatic carbocycles. The lowest BCUT2D eigenvalue weighted by Gasteiger charge is -2.19. The van der Waals surface area contributed by atoms with Gasteiger partial charge in [0.15, 0.2) is 0 Å². The highest BCUT2D eigenvalue weighted by molar-refractivity contribution is 5.98. The van der Waals surface area contributed by atoms with Gasteiger partial charge in [0.05, 0.1) is 12.1 Å². The van der Waals surface area contributed by atoms with Gasteiger partial charge in [-0.1, -0.05) is 30.3 Å². The van der Waals surface area contributed by atoms with Gasteiger partial charge in [-0.2, -0.15) is 0 Å². The maximum atomic E-state index is 11.9. The molecule has 8 heteroatoms. The number of hydrogen-bond donors (Lipinski definition) is 4. The number of hydrogen-bond acceptors (Lipinski definition) is 7. The third-order valence-electron chi connectivity index (χ3n) is 5.87. The summed E-state index contributed by atoms with van der Waals surface area (Å²) in [6.45, 7) is 0.402. The Morgan fingerprint density at radius 2 is 1.78 bits per heavy atom. The van der Waals surface area contributed by atoms with Crippen molar-refractivity contribution in [3.63, 3.8) is 0 Å². The lowest BCUT2D eigenvalue weighted by molar-refractivity contribution is 0.0963. The third-order valence-corrected chi connectivity index (χ3v) is 5.87. The molecule has 2 atom stereocenters. The van der Waals surface area contributed by atoms with Crippen molar-refractivity contribution < 1.29 is 24.5 Å². The molecule has 8 nitrogen and oxygen atoms in total. The van der Waals surface area contributed by atoms with Gasteiger partial charge >= 0.3 is 0 Å². The van der Waals surface area contributed by atoms with Crippen molar-refractivity contribution in [1.82, 2.24) is 15.6 Å². The molecule has 0 unspecified atom stereocenters. The molecule has 0 bridgehead atoms. The number of carbonyl (C=O) groups is 1. The minimum Gasteiger partial charge on any atom is -0.491 e. The molecule has 4 rings (SSSR count). The number of rotatable bonds is 12. The van der Waals surface area contributed by atoms with E-state index in [4.69, 9.17) is 9.47 Å². The van der Waals surface area contributed by atoms with Crippen LogP contribution in [0.5, 0.6) is 17.2 Å². The summed E-state index contributed by atoms with van der Waals surface area (Å²) >= 11 is 0. The quantitative estimate of drug-likeness (QED) is 0.236. The Balaban J connectivity index is 1.31. The van der Waals surface area contributed by atoms with Crippen molar-refractivity contribution in [2.45, 2.75) is 18.6 Å². The first-order chi connectivity index (χ1) is 18.1. The molecule has 1 heterocycles. The number of aliphatic hydroxyl groups excluding tert-OH is 2. The van der Waals surface area contributed by atoms with E-state index in [9.17, 15) is 15.0 Å². The van der Waals surface area contributed by atoms with Gasteiger partial charge in [0.1, 0.15) is 30.0 Å². The lowest BCUT2D eigenvalue weighted by Crippen LogP contribution is -2.41. The first-order valence-corrected chi connectivity index (χ1v) is 12.1. The van der Waals surface area contributed by atoms with Crippen molar-refractivity contribution in [2.75, 3.05) is 26.8 Å². The summed E-state index contributed by atoms with van der Waals surface area (Å²) in [5.41, 5.74) is 2.22. The summed E-state index contributed by atoms with van der Waals surface area (Å²) in [7, 11) is 1.59. The average Bonchev–Trinajstić information content (AvgIpc) is 2.95. The van der Waals surface area contributed by atoms with Crippen LogP contribution in [0.15, 0.2) is 85.1 Å². The Labute approximate surface area is 215 Å². The van der Waals surface area contributed by atoms with Crippen LogP contribution in [0, 0.1) is 0 Å². The number of amides is 1. The van der Waals surface area contributed by atoms with E-state index in [1.54, 1.807) is 31.4 Å². The first kappa shape index (κ1) is 26.1. The topological polar surface area (TPSA) is 113 Å². The van der Waals surface area contributed by atoms with E-state index >= 15 is 0 Å². The third kappa shape index (κ3) is 7.27. The van der Waals surface area contributed by atoms with E-state index in [0.717, 1.165) is 10.9 Å². The van der Waals surface area contributed by atoms with Crippen LogP contribution in [0.2, 0.25) is 0 Å². The average molecular weight is 502 g/mol. The van der Waals surface area contributed by atoms with Gasteiger partial charge in [0.2, 0.25) is 0 Å². The summed E-state index contributed by atoms with van der Waals surface area (Å²) in [5, 5.41) is 26.6. The van der Waals surface area contributed by atoms with Crippen LogP contribution in [-0.4, -0.2) is 60.1 Å². The van der Waals surface area contributed by atoms with Crippen LogP contribution >= 0.6 is 0 Å². The van der Waals surface area contributed by atoms with Gasteiger partial charge in [-0.3, -0.25) is 9.78 Å². The smallest absolute Gasteiger partial charge is 0.251 e. The standard InChI is InChI=1S/C29H31N3O5/c1-30-29(35)21-9-12-26-27(16-21)31-14-13-28(26)37-25-10-7-20(8-11-25)15-22(18-33)32-17-23(34)19-36-24-5-3-2-4-6-24/h2-14,16,22-23,32-34H,15,17-19H2,1H3,(H,30,35)/t22-,23-/m0/s1. The Bertz CT molecular complexity index is 1300. The molecule has 0 saturated heterocycles. The molecule has 4 N–H and O–H groups in total. The molecule has 1 amide bonds. The van der Waals surface area contributed by atoms with Crippen molar-refractivity contribution in [2.24, 2.45) is 0 Å². The Morgan fingerprint density at radius 3 is 2.51 bits per heavy atom. The number of benzene rings is 3. The zero-order chi connectivity index (χ0) is 26.0. The SMILES string of the molecule is CNC(=O)c1ccc2c(Oc3ccc(C[C@@H](CO)NC[C@H](O)COc4ccccc4)cc3)ccnc2c1. The van der Waals surface area contributed by atoms with Crippen molar-refractivity contribution in [1.29, 1.82) is 0 Å². The molecule has 0 saturated carbocycles. The fraction of sp³-hybridized carbons (Fsp3) is 0.241. The van der Waals surface area contributed by atoms with E-state index in [0.29, 0.717) is 41.3 Å². The van der Waals surface area contributed by atoms with E-state index in [1.165, 1.54) is 0 Å². The summed E-state index contributed by atoms with van der Waals surface area (Å²) in [6.07, 6.45) is 1.53. The Hall–Kier alpha value is -3.98. The molecule has 0 aliphatic heterocycles. The zero-order valence-corrected chi connectivity index (χ0v) is 20.6. The minimum atomic E-state index is -0.701. The summed E-state index contributed by atoms with van der Waals surface area (Å²) in [5.74, 6) is 1.84. The van der Waals surface area contributed by atoms with E-state index in [-0.39, 0.29) is 25.2 Å². The second-order valence-electron chi connectivity index (χ2n) is 8.64. The first-order valence-electron chi connectivity index (χ1n) is 12.1. The van der Waals surface area contributed by atoms with Crippen LogP contribution in [0.1, 0.15) is 15.9 Å². The molecular weight excluding hydrogens is 470 g/mol. The zero-order valence-electron chi connectivity index (χ0n) is 20.6. The number of carbonyl (C=O) groups excluding carboxylic acids is 1. The maximum Gasteiger partial charge on any atom is 0.251 e. The number of nitrogens with one attached hydrogen (secondary N) is 2. The highest BCUT2D eigenvalue weighted by atomic mass is 16.5. The monoisotopic (exact) mass is 501 g/mol. The van der Waals surface area contributed by atoms with E-state index in [1.807, 2.05) is 60.7 Å². The summed E-state index contributed by atoms with van der Waals surface area (Å²) in [4.78, 5) is 16.3.